The Morgan fingerprint density at radius 1 is 0.889 bits per heavy atom. The minimum absolute atomic E-state index is 0.00391. The van der Waals surface area contributed by atoms with Gasteiger partial charge in [0, 0.05) is 33.7 Å². The van der Waals surface area contributed by atoms with Crippen LogP contribution < -0.4 is 20.6 Å². The molecule has 0 saturated carbocycles. The van der Waals surface area contributed by atoms with Crippen LogP contribution in [0.2, 0.25) is 0 Å². The summed E-state index contributed by atoms with van der Waals surface area (Å²) in [6.45, 7) is 8.98. The topological polar surface area (TPSA) is 217 Å². The third-order valence-corrected chi connectivity index (χ3v) is 11.0. The standard InChI is InChI=1S/C30H28N2O11S2/c1-11-12(2)31-22-16(11)9-18-21(15-7-6-14(28(33)34)8-17(15)29(35)36)19-10-20-23(32-13(3)30(20,4)5)27(45(40,41)42)25(19)43-24(18)26(22)44(37,38)39/h6-13,31H,1-5H3,(H,33,34)(H,35,36)(H,37,38,39)(H,40,41,42). The Bertz CT molecular complexity index is 2260. The van der Waals surface area contributed by atoms with Gasteiger partial charge in [0.2, 0.25) is 0 Å². The molecule has 0 aromatic heterocycles. The van der Waals surface area contributed by atoms with E-state index in [2.05, 4.69) is 10.3 Å². The first kappa shape index (κ1) is 30.7. The van der Waals surface area contributed by atoms with Crippen molar-refractivity contribution < 1.29 is 50.5 Å². The molecule has 45 heavy (non-hydrogen) atoms. The van der Waals surface area contributed by atoms with Gasteiger partial charge >= 0.3 is 11.9 Å². The van der Waals surface area contributed by atoms with E-state index < -0.39 is 70.5 Å². The number of hydrogen-bond acceptors (Lipinski definition) is 9. The summed E-state index contributed by atoms with van der Waals surface area (Å²) >= 11 is 0. The number of rotatable bonds is 5. The lowest BCUT2D eigenvalue weighted by molar-refractivity contribution is 0.0695. The van der Waals surface area contributed by atoms with E-state index in [1.807, 2.05) is 20.8 Å². The molecular weight excluding hydrogens is 628 g/mol. The molecule has 0 bridgehead atoms. The molecule has 0 saturated heterocycles. The fraction of sp³-hybridized carbons (Fsp3) is 0.300. The molecular formula is C30H28N2O11S2. The number of carboxylic acid groups (broad SMARTS) is 2. The van der Waals surface area contributed by atoms with E-state index in [9.17, 15) is 45.7 Å². The van der Waals surface area contributed by atoms with Crippen molar-refractivity contribution >= 4 is 43.4 Å². The number of nitrogens with one attached hydrogen (secondary N) is 1. The van der Waals surface area contributed by atoms with Gasteiger partial charge in [-0.25, -0.2) is 9.59 Å². The first-order chi connectivity index (χ1) is 20.7. The van der Waals surface area contributed by atoms with E-state index in [4.69, 9.17) is 4.74 Å². The van der Waals surface area contributed by atoms with Crippen LogP contribution in [0.3, 0.4) is 0 Å². The first-order valence-corrected chi connectivity index (χ1v) is 16.6. The second-order valence-corrected chi connectivity index (χ2v) is 14.8. The van der Waals surface area contributed by atoms with Crippen LogP contribution in [-0.2, 0) is 25.7 Å². The molecule has 0 aliphatic carbocycles. The number of carboxylic acids is 2. The van der Waals surface area contributed by atoms with Gasteiger partial charge in [-0.05, 0) is 54.8 Å². The maximum atomic E-state index is 13.1. The molecule has 3 aromatic carbocycles. The molecule has 5 N–H and O–H groups in total. The number of benzene rings is 3. The minimum Gasteiger partial charge on any atom is -0.478 e. The van der Waals surface area contributed by atoms with E-state index in [-0.39, 0.29) is 50.5 Å². The van der Waals surface area contributed by atoms with E-state index in [0.29, 0.717) is 11.1 Å². The van der Waals surface area contributed by atoms with Crippen LogP contribution >= 0.6 is 0 Å². The Morgan fingerprint density at radius 2 is 1.53 bits per heavy atom. The zero-order valence-electron chi connectivity index (χ0n) is 24.5. The Morgan fingerprint density at radius 3 is 2.11 bits per heavy atom. The highest BCUT2D eigenvalue weighted by Gasteiger charge is 2.43. The highest BCUT2D eigenvalue weighted by Crippen LogP contribution is 2.51. The van der Waals surface area contributed by atoms with Gasteiger partial charge in [0.05, 0.1) is 28.2 Å². The van der Waals surface area contributed by atoms with E-state index in [1.165, 1.54) is 6.07 Å². The lowest BCUT2D eigenvalue weighted by atomic mass is 9.79. The van der Waals surface area contributed by atoms with Crippen LogP contribution in [0.5, 0.6) is 11.5 Å². The maximum absolute atomic E-state index is 13.1. The predicted octanol–water partition coefficient (Wildman–Crippen LogP) is 3.15. The Hall–Kier alpha value is -4.31. The fourth-order valence-electron chi connectivity index (χ4n) is 6.29. The number of carbonyl (C=O) groups is 2. The van der Waals surface area contributed by atoms with Gasteiger partial charge in [-0.3, -0.25) is 14.1 Å². The lowest BCUT2D eigenvalue weighted by Crippen LogP contribution is -2.33. The molecule has 3 aromatic rings. The summed E-state index contributed by atoms with van der Waals surface area (Å²) in [5.41, 5.74) is -0.826. The highest BCUT2D eigenvalue weighted by atomic mass is 32.2. The van der Waals surface area contributed by atoms with Gasteiger partial charge in [-0.15, -0.1) is 0 Å². The van der Waals surface area contributed by atoms with E-state index in [1.54, 1.807) is 26.0 Å². The average molecular weight is 657 g/mol. The van der Waals surface area contributed by atoms with Gasteiger partial charge in [-0.2, -0.15) is 16.8 Å². The summed E-state index contributed by atoms with van der Waals surface area (Å²) in [6, 6.07) is 5.68. The fourth-order valence-corrected chi connectivity index (χ4v) is 7.90. The molecule has 0 spiro atoms. The van der Waals surface area contributed by atoms with Crippen molar-refractivity contribution in [3.05, 3.63) is 74.3 Å². The smallest absolute Gasteiger partial charge is 0.336 e. The second-order valence-electron chi connectivity index (χ2n) is 12.1. The number of anilines is 1. The number of hydrogen-bond donors (Lipinski definition) is 5. The van der Waals surface area contributed by atoms with Crippen LogP contribution in [0.25, 0.3) is 5.57 Å². The van der Waals surface area contributed by atoms with Crippen LogP contribution in [0.15, 0.2) is 45.1 Å². The van der Waals surface area contributed by atoms with Crippen molar-refractivity contribution in [1.29, 1.82) is 0 Å². The van der Waals surface area contributed by atoms with Crippen molar-refractivity contribution in [2.75, 3.05) is 5.32 Å². The van der Waals surface area contributed by atoms with Gasteiger partial charge in [0.1, 0.15) is 0 Å². The van der Waals surface area contributed by atoms with E-state index >= 15 is 0 Å². The molecule has 236 valence electrons. The van der Waals surface area contributed by atoms with Crippen molar-refractivity contribution in [2.24, 2.45) is 4.99 Å². The second kappa shape index (κ2) is 9.59. The van der Waals surface area contributed by atoms with Gasteiger partial charge in [0.25, 0.3) is 20.2 Å². The first-order valence-electron chi connectivity index (χ1n) is 13.8. The average Bonchev–Trinajstić information content (AvgIpc) is 3.32. The van der Waals surface area contributed by atoms with Gasteiger partial charge in [0.15, 0.2) is 21.3 Å². The number of aromatic carboxylic acids is 2. The van der Waals surface area contributed by atoms with Gasteiger partial charge < -0.3 is 20.3 Å². The normalized spacial score (nSPS) is 21.0. The largest absolute Gasteiger partial charge is 0.478 e. The number of nitrogens with zero attached hydrogens (tertiary/aromatic N) is 1. The Balaban J connectivity index is 1.92. The summed E-state index contributed by atoms with van der Waals surface area (Å²) in [4.78, 5) is 27.4. The predicted molar refractivity (Wildman–Crippen MR) is 159 cm³/mol. The lowest BCUT2D eigenvalue weighted by Gasteiger charge is -2.28. The minimum atomic E-state index is -5.13. The molecule has 3 aliphatic rings. The summed E-state index contributed by atoms with van der Waals surface area (Å²) in [6.07, 6.45) is 0. The molecule has 15 heteroatoms. The van der Waals surface area contributed by atoms with Crippen LogP contribution in [0.4, 0.5) is 5.69 Å². The summed E-state index contributed by atoms with van der Waals surface area (Å²) in [5, 5.41) is 22.7. The summed E-state index contributed by atoms with van der Waals surface area (Å²) in [5.74, 6) is -4.26. The Kier molecular flexibility index (Phi) is 6.55. The molecule has 3 atom stereocenters. The molecule has 3 unspecified atom stereocenters. The van der Waals surface area contributed by atoms with Crippen molar-refractivity contribution in [3.63, 3.8) is 0 Å². The quantitative estimate of drug-likeness (QED) is 0.196. The summed E-state index contributed by atoms with van der Waals surface area (Å²) < 4.78 is 79.3. The maximum Gasteiger partial charge on any atom is 0.336 e. The molecule has 3 heterocycles. The molecule has 0 amide bonds. The SMILES string of the molecule is CC1Nc2c(cc3c(c2S(=O)(=O)O)Oc2c(S(=O)(=O)O)c4c(cc2=C3c2ccc(C(=O)O)cc2C(=O)O)C(C)(C)C(C)N=4)C1C. The van der Waals surface area contributed by atoms with Crippen LogP contribution in [-0.4, -0.2) is 60.2 Å². The monoisotopic (exact) mass is 656 g/mol. The zero-order chi connectivity index (χ0) is 33.1. The van der Waals surface area contributed by atoms with Crippen molar-refractivity contribution in [1.82, 2.24) is 0 Å². The number of fused-ring (bicyclic) bond motifs is 4. The van der Waals surface area contributed by atoms with Crippen LogP contribution in [0.1, 0.15) is 83.5 Å². The molecule has 0 radical (unpaired) electrons. The van der Waals surface area contributed by atoms with Crippen molar-refractivity contribution in [2.45, 2.75) is 67.8 Å². The van der Waals surface area contributed by atoms with E-state index in [0.717, 1.165) is 12.1 Å². The zero-order valence-corrected chi connectivity index (χ0v) is 26.2. The third-order valence-electron chi connectivity index (χ3n) is 9.18. The Labute approximate surface area is 257 Å². The molecule has 13 nitrogen and oxygen atoms in total. The van der Waals surface area contributed by atoms with Gasteiger partial charge in [-0.1, -0.05) is 26.8 Å². The highest BCUT2D eigenvalue weighted by molar-refractivity contribution is 7.86. The molecule has 3 aliphatic heterocycles. The molecule has 6 rings (SSSR count). The molecule has 0 fully saturated rings. The van der Waals surface area contributed by atoms with Crippen molar-refractivity contribution in [3.8, 4) is 11.5 Å². The number of ether oxygens (including phenoxy) is 1. The van der Waals surface area contributed by atoms with Crippen LogP contribution in [0, 0.1) is 0 Å². The third kappa shape index (κ3) is 4.44. The summed E-state index contributed by atoms with van der Waals surface area (Å²) in [7, 11) is -10.2.